The third-order valence-corrected chi connectivity index (χ3v) is 3.97. The maximum atomic E-state index is 5.78. The molecule has 2 N–H and O–H groups in total. The zero-order valence-corrected chi connectivity index (χ0v) is 13.3. The molecule has 24 heavy (non-hydrogen) atoms. The Hall–Kier alpha value is -3.08. The van der Waals surface area contributed by atoms with Crippen LogP contribution in [-0.2, 0) is 6.42 Å². The van der Waals surface area contributed by atoms with Gasteiger partial charge in [0.1, 0.15) is 12.4 Å². The van der Waals surface area contributed by atoms with E-state index in [9.17, 15) is 0 Å². The highest BCUT2D eigenvalue weighted by Crippen LogP contribution is 2.30. The molecule has 4 rings (SSSR count). The fraction of sp³-hybridized carbons (Fsp3) is 0.158. The summed E-state index contributed by atoms with van der Waals surface area (Å²) in [6, 6.07) is 13.8. The Morgan fingerprint density at radius 3 is 2.79 bits per heavy atom. The van der Waals surface area contributed by atoms with Gasteiger partial charge in [-0.25, -0.2) is 0 Å². The molecule has 3 aromatic rings. The number of hydrogen-bond acceptors (Lipinski definition) is 5. The highest BCUT2D eigenvalue weighted by Gasteiger charge is 2.17. The quantitative estimate of drug-likeness (QED) is 0.748. The summed E-state index contributed by atoms with van der Waals surface area (Å²) in [5.41, 5.74) is 10.7. The van der Waals surface area contributed by atoms with Gasteiger partial charge in [-0.05, 0) is 42.8 Å². The maximum absolute atomic E-state index is 5.78. The zero-order valence-electron chi connectivity index (χ0n) is 13.3. The van der Waals surface area contributed by atoms with Crippen LogP contribution in [0.4, 0.5) is 5.69 Å². The molecule has 0 radical (unpaired) electrons. The summed E-state index contributed by atoms with van der Waals surface area (Å²) in [6.07, 6.45) is 2.64. The SMILES string of the molecule is Cc1ccc2c(c1)C=C(c1noc(Cc3ccc(N)cc3)n1)CO2. The van der Waals surface area contributed by atoms with Crippen molar-refractivity contribution >= 4 is 17.3 Å². The first kappa shape index (κ1) is 14.5. The van der Waals surface area contributed by atoms with Crippen LogP contribution in [-0.4, -0.2) is 16.7 Å². The van der Waals surface area contributed by atoms with Gasteiger partial charge in [-0.3, -0.25) is 0 Å². The van der Waals surface area contributed by atoms with Crippen LogP contribution in [0.1, 0.15) is 28.4 Å². The van der Waals surface area contributed by atoms with Crippen molar-refractivity contribution in [3.8, 4) is 5.75 Å². The average Bonchev–Trinajstić information content (AvgIpc) is 3.05. The molecule has 0 saturated carbocycles. The van der Waals surface area contributed by atoms with Gasteiger partial charge in [0.25, 0.3) is 0 Å². The molecule has 1 aromatic heterocycles. The largest absolute Gasteiger partial charge is 0.488 e. The van der Waals surface area contributed by atoms with Crippen LogP contribution in [0.2, 0.25) is 0 Å². The predicted molar refractivity (Wildman–Crippen MR) is 92.5 cm³/mol. The second-order valence-corrected chi connectivity index (χ2v) is 5.93. The van der Waals surface area contributed by atoms with E-state index in [0.29, 0.717) is 24.7 Å². The summed E-state index contributed by atoms with van der Waals surface area (Å²) in [5.74, 6) is 2.04. The smallest absolute Gasteiger partial charge is 0.231 e. The van der Waals surface area contributed by atoms with Gasteiger partial charge in [0.15, 0.2) is 0 Å². The van der Waals surface area contributed by atoms with Crippen LogP contribution in [0.25, 0.3) is 11.6 Å². The second-order valence-electron chi connectivity index (χ2n) is 5.93. The van der Waals surface area contributed by atoms with Crippen LogP contribution in [0, 0.1) is 6.92 Å². The number of anilines is 1. The molecule has 0 amide bonds. The molecule has 1 aliphatic rings. The van der Waals surface area contributed by atoms with Crippen LogP contribution in [0.5, 0.6) is 5.75 Å². The van der Waals surface area contributed by atoms with Gasteiger partial charge < -0.3 is 15.0 Å². The maximum Gasteiger partial charge on any atom is 0.231 e. The first-order valence-corrected chi connectivity index (χ1v) is 7.79. The molecule has 0 aliphatic carbocycles. The fourth-order valence-electron chi connectivity index (χ4n) is 2.69. The van der Waals surface area contributed by atoms with E-state index >= 15 is 0 Å². The van der Waals surface area contributed by atoms with Crippen molar-refractivity contribution in [3.63, 3.8) is 0 Å². The Kier molecular flexibility index (Phi) is 3.54. The van der Waals surface area contributed by atoms with Gasteiger partial charge in [-0.2, -0.15) is 4.98 Å². The van der Waals surface area contributed by atoms with Crippen LogP contribution < -0.4 is 10.5 Å². The predicted octanol–water partition coefficient (Wildman–Crippen LogP) is 3.48. The summed E-state index contributed by atoms with van der Waals surface area (Å²) in [6.45, 7) is 2.50. The number of aromatic nitrogens is 2. The number of hydrogen-bond donors (Lipinski definition) is 1. The first-order valence-electron chi connectivity index (χ1n) is 7.79. The number of ether oxygens (including phenoxy) is 1. The van der Waals surface area contributed by atoms with Crippen molar-refractivity contribution in [2.24, 2.45) is 0 Å². The molecule has 0 saturated heterocycles. The van der Waals surface area contributed by atoms with Crippen LogP contribution >= 0.6 is 0 Å². The second kappa shape index (κ2) is 5.85. The molecule has 0 unspecified atom stereocenters. The summed E-state index contributed by atoms with van der Waals surface area (Å²) in [5, 5.41) is 4.09. The number of nitrogens with two attached hydrogens (primary N) is 1. The first-order chi connectivity index (χ1) is 11.7. The molecule has 120 valence electrons. The van der Waals surface area contributed by atoms with E-state index in [1.54, 1.807) is 0 Å². The van der Waals surface area contributed by atoms with Gasteiger partial charge in [0.2, 0.25) is 11.7 Å². The lowest BCUT2D eigenvalue weighted by Crippen LogP contribution is -2.07. The Labute approximate surface area is 139 Å². The Morgan fingerprint density at radius 1 is 1.12 bits per heavy atom. The third kappa shape index (κ3) is 2.88. The molecule has 1 aliphatic heterocycles. The Bertz CT molecular complexity index is 911. The van der Waals surface area contributed by atoms with E-state index in [1.165, 1.54) is 5.56 Å². The van der Waals surface area contributed by atoms with Gasteiger partial charge in [-0.1, -0.05) is 28.9 Å². The van der Waals surface area contributed by atoms with Crippen LogP contribution in [0.3, 0.4) is 0 Å². The van der Waals surface area contributed by atoms with E-state index in [2.05, 4.69) is 29.2 Å². The summed E-state index contributed by atoms with van der Waals surface area (Å²) >= 11 is 0. The lowest BCUT2D eigenvalue weighted by atomic mass is 10.0. The molecule has 5 heteroatoms. The van der Waals surface area contributed by atoms with Crippen molar-refractivity contribution < 1.29 is 9.26 Å². The standard InChI is InChI=1S/C19H17N3O2/c1-12-2-7-17-14(8-12)10-15(11-23-17)19-21-18(24-22-19)9-13-3-5-16(20)6-4-13/h2-8,10H,9,11,20H2,1H3. The van der Waals surface area contributed by atoms with E-state index in [0.717, 1.165) is 28.1 Å². The van der Waals surface area contributed by atoms with Gasteiger partial charge in [0, 0.05) is 16.8 Å². The fourth-order valence-corrected chi connectivity index (χ4v) is 2.69. The minimum atomic E-state index is 0.441. The van der Waals surface area contributed by atoms with Crippen molar-refractivity contribution in [2.75, 3.05) is 12.3 Å². The molecular weight excluding hydrogens is 302 g/mol. The van der Waals surface area contributed by atoms with E-state index < -0.39 is 0 Å². The Balaban J connectivity index is 1.57. The average molecular weight is 319 g/mol. The molecule has 0 bridgehead atoms. The van der Waals surface area contributed by atoms with Crippen molar-refractivity contribution in [3.05, 3.63) is 70.9 Å². The lowest BCUT2D eigenvalue weighted by Gasteiger charge is -2.16. The van der Waals surface area contributed by atoms with Crippen molar-refractivity contribution in [1.82, 2.24) is 10.1 Å². The Morgan fingerprint density at radius 2 is 1.96 bits per heavy atom. The molecule has 0 spiro atoms. The lowest BCUT2D eigenvalue weighted by molar-refractivity contribution is 0.360. The third-order valence-electron chi connectivity index (χ3n) is 3.97. The normalized spacial score (nSPS) is 13.1. The van der Waals surface area contributed by atoms with E-state index in [4.69, 9.17) is 15.0 Å². The molecule has 5 nitrogen and oxygen atoms in total. The number of benzene rings is 2. The highest BCUT2D eigenvalue weighted by atomic mass is 16.5. The van der Waals surface area contributed by atoms with Crippen molar-refractivity contribution in [1.29, 1.82) is 0 Å². The minimum Gasteiger partial charge on any atom is -0.488 e. The van der Waals surface area contributed by atoms with Gasteiger partial charge in [0.05, 0.1) is 6.42 Å². The topological polar surface area (TPSA) is 74.2 Å². The zero-order chi connectivity index (χ0) is 16.5. The summed E-state index contributed by atoms with van der Waals surface area (Å²) < 4.78 is 11.2. The minimum absolute atomic E-state index is 0.441. The molecule has 2 heterocycles. The highest BCUT2D eigenvalue weighted by molar-refractivity contribution is 5.83. The molecule has 0 atom stereocenters. The number of nitrogen functional groups attached to an aromatic ring is 1. The van der Waals surface area contributed by atoms with Crippen molar-refractivity contribution in [2.45, 2.75) is 13.3 Å². The summed E-state index contributed by atoms with van der Waals surface area (Å²) in [4.78, 5) is 4.49. The van der Waals surface area contributed by atoms with Gasteiger partial charge >= 0.3 is 0 Å². The number of rotatable bonds is 3. The number of fused-ring (bicyclic) bond motifs is 1. The van der Waals surface area contributed by atoms with E-state index in [1.807, 2.05) is 36.4 Å². The number of nitrogens with zero attached hydrogens (tertiary/aromatic N) is 2. The summed E-state index contributed by atoms with van der Waals surface area (Å²) in [7, 11) is 0. The number of aryl methyl sites for hydroxylation is 1. The molecule has 2 aromatic carbocycles. The molecule has 0 fully saturated rings. The molecular formula is C19H17N3O2. The monoisotopic (exact) mass is 319 g/mol. The van der Waals surface area contributed by atoms with Gasteiger partial charge in [-0.15, -0.1) is 0 Å². The van der Waals surface area contributed by atoms with E-state index in [-0.39, 0.29) is 0 Å². The van der Waals surface area contributed by atoms with Crippen LogP contribution in [0.15, 0.2) is 47.0 Å².